The third kappa shape index (κ3) is 3.53. The van der Waals surface area contributed by atoms with Crippen molar-refractivity contribution in [1.82, 2.24) is 10.5 Å². The van der Waals surface area contributed by atoms with Gasteiger partial charge in [-0.1, -0.05) is 30.3 Å². The van der Waals surface area contributed by atoms with Gasteiger partial charge in [-0.2, -0.15) is 0 Å². The summed E-state index contributed by atoms with van der Waals surface area (Å²) >= 11 is 0. The normalized spacial score (nSPS) is 16.3. The average molecular weight is 346 g/mol. The second-order valence-electron chi connectivity index (χ2n) is 5.89. The molecule has 5 nitrogen and oxygen atoms in total. The summed E-state index contributed by atoms with van der Waals surface area (Å²) in [5.41, 5.74) is 4.83. The van der Waals surface area contributed by atoms with Gasteiger partial charge in [0.15, 0.2) is 0 Å². The highest BCUT2D eigenvalue weighted by molar-refractivity contribution is 5.37. The first-order chi connectivity index (χ1) is 12.8. The Morgan fingerprint density at radius 2 is 1.58 bits per heavy atom. The van der Waals surface area contributed by atoms with Gasteiger partial charge in [-0.25, -0.2) is 5.48 Å². The minimum Gasteiger partial charge on any atom is -0.457 e. The lowest BCUT2D eigenvalue weighted by molar-refractivity contribution is 0.0246. The zero-order chi connectivity index (χ0) is 17.8. The summed E-state index contributed by atoms with van der Waals surface area (Å²) in [7, 11) is 0. The van der Waals surface area contributed by atoms with E-state index in [1.165, 1.54) is 0 Å². The van der Waals surface area contributed by atoms with Crippen molar-refractivity contribution in [1.29, 1.82) is 0 Å². The second kappa shape index (κ2) is 7.29. The van der Waals surface area contributed by atoms with Gasteiger partial charge >= 0.3 is 0 Å². The molecule has 2 aromatic carbocycles. The number of aromatic nitrogens is 1. The van der Waals surface area contributed by atoms with Crippen LogP contribution in [0.5, 0.6) is 17.2 Å². The lowest BCUT2D eigenvalue weighted by atomic mass is 10.0. The summed E-state index contributed by atoms with van der Waals surface area (Å²) in [6.45, 7) is 1.98. The van der Waals surface area contributed by atoms with Crippen LogP contribution >= 0.6 is 0 Å². The number of pyridine rings is 1. The fourth-order valence-electron chi connectivity index (χ4n) is 2.68. The van der Waals surface area contributed by atoms with Crippen molar-refractivity contribution in [3.63, 3.8) is 0 Å². The van der Waals surface area contributed by atoms with Crippen LogP contribution in [0.3, 0.4) is 0 Å². The van der Waals surface area contributed by atoms with Crippen molar-refractivity contribution in [3.05, 3.63) is 96.1 Å². The molecule has 0 aliphatic carbocycles. The molecule has 0 fully saturated rings. The third-order valence-electron chi connectivity index (χ3n) is 4.04. The highest BCUT2D eigenvalue weighted by Crippen LogP contribution is 2.33. The molecular formula is C21H18N2O3. The van der Waals surface area contributed by atoms with E-state index in [2.05, 4.69) is 10.5 Å². The Morgan fingerprint density at radius 3 is 2.31 bits per heavy atom. The maximum atomic E-state index is 5.82. The molecule has 1 N–H and O–H groups in total. The predicted molar refractivity (Wildman–Crippen MR) is 97.5 cm³/mol. The zero-order valence-electron chi connectivity index (χ0n) is 14.3. The van der Waals surface area contributed by atoms with Gasteiger partial charge in [0, 0.05) is 11.8 Å². The largest absolute Gasteiger partial charge is 0.457 e. The lowest BCUT2D eigenvalue weighted by Crippen LogP contribution is -2.12. The molecule has 0 spiro atoms. The first kappa shape index (κ1) is 16.2. The Morgan fingerprint density at radius 1 is 0.846 bits per heavy atom. The van der Waals surface area contributed by atoms with E-state index in [1.54, 1.807) is 12.4 Å². The molecule has 1 atom stereocenters. The SMILES string of the molecule is CC1=C(Oc2cccnc2)NOC1c1ccc(Oc2ccccc2)cc1. The molecule has 130 valence electrons. The Hall–Kier alpha value is -3.31. The molecule has 1 aliphatic heterocycles. The van der Waals surface area contributed by atoms with E-state index < -0.39 is 0 Å². The lowest BCUT2D eigenvalue weighted by Gasteiger charge is -2.11. The van der Waals surface area contributed by atoms with Crippen molar-refractivity contribution < 1.29 is 14.3 Å². The van der Waals surface area contributed by atoms with Crippen LogP contribution in [0.25, 0.3) is 0 Å². The molecule has 2 heterocycles. The molecule has 0 radical (unpaired) electrons. The van der Waals surface area contributed by atoms with Crippen molar-refractivity contribution in [2.75, 3.05) is 0 Å². The van der Waals surface area contributed by atoms with E-state index in [9.17, 15) is 0 Å². The molecule has 5 heteroatoms. The smallest absolute Gasteiger partial charge is 0.219 e. The number of para-hydroxylation sites is 1. The topological polar surface area (TPSA) is 52.6 Å². The van der Waals surface area contributed by atoms with Crippen LogP contribution in [0.2, 0.25) is 0 Å². The van der Waals surface area contributed by atoms with Crippen LogP contribution in [-0.2, 0) is 4.84 Å². The minimum absolute atomic E-state index is 0.215. The van der Waals surface area contributed by atoms with Crippen LogP contribution in [0.4, 0.5) is 0 Å². The van der Waals surface area contributed by atoms with Gasteiger partial charge in [0.25, 0.3) is 0 Å². The Balaban J connectivity index is 1.47. The molecule has 0 saturated carbocycles. The molecule has 1 aliphatic rings. The molecular weight excluding hydrogens is 328 g/mol. The number of hydroxylamine groups is 1. The van der Waals surface area contributed by atoms with Gasteiger partial charge in [-0.05, 0) is 48.9 Å². The number of hydrogen-bond donors (Lipinski definition) is 1. The fraction of sp³-hybridized carbons (Fsp3) is 0.0952. The minimum atomic E-state index is -0.215. The van der Waals surface area contributed by atoms with Crippen LogP contribution in [-0.4, -0.2) is 4.98 Å². The van der Waals surface area contributed by atoms with Crippen molar-refractivity contribution in [3.8, 4) is 17.2 Å². The quantitative estimate of drug-likeness (QED) is 0.722. The molecule has 1 unspecified atom stereocenters. The summed E-state index contributed by atoms with van der Waals surface area (Å²) in [4.78, 5) is 9.73. The standard InChI is InChI=1S/C21H18N2O3/c1-15-20(26-23-21(15)25-19-8-5-13-22-14-19)16-9-11-18(12-10-16)24-17-6-3-2-4-7-17/h2-14,20,23H,1H3. The van der Waals surface area contributed by atoms with Crippen molar-refractivity contribution >= 4 is 0 Å². The van der Waals surface area contributed by atoms with Crippen LogP contribution in [0.15, 0.2) is 90.6 Å². The third-order valence-corrected chi connectivity index (χ3v) is 4.04. The van der Waals surface area contributed by atoms with Gasteiger partial charge in [-0.15, -0.1) is 0 Å². The predicted octanol–water partition coefficient (Wildman–Crippen LogP) is 4.76. The van der Waals surface area contributed by atoms with E-state index >= 15 is 0 Å². The van der Waals surface area contributed by atoms with Crippen molar-refractivity contribution in [2.24, 2.45) is 0 Å². The zero-order valence-corrected chi connectivity index (χ0v) is 14.3. The van der Waals surface area contributed by atoms with Gasteiger partial charge in [0.1, 0.15) is 23.4 Å². The Kier molecular flexibility index (Phi) is 4.53. The van der Waals surface area contributed by atoms with Crippen LogP contribution in [0, 0.1) is 0 Å². The maximum absolute atomic E-state index is 5.82. The van der Waals surface area contributed by atoms with E-state index in [-0.39, 0.29) is 6.10 Å². The second-order valence-corrected chi connectivity index (χ2v) is 5.89. The number of nitrogens with one attached hydrogen (secondary N) is 1. The van der Waals surface area contributed by atoms with Gasteiger partial charge in [0.2, 0.25) is 5.88 Å². The monoisotopic (exact) mass is 346 g/mol. The number of rotatable bonds is 5. The van der Waals surface area contributed by atoms with E-state index in [0.29, 0.717) is 11.6 Å². The molecule has 3 aromatic rings. The molecule has 0 amide bonds. The van der Waals surface area contributed by atoms with Crippen molar-refractivity contribution in [2.45, 2.75) is 13.0 Å². The van der Waals surface area contributed by atoms with Gasteiger partial charge in [0.05, 0.1) is 6.20 Å². The molecule has 4 rings (SSSR count). The van der Waals surface area contributed by atoms with Gasteiger partial charge in [-0.3, -0.25) is 9.82 Å². The van der Waals surface area contributed by atoms with Crippen LogP contribution < -0.4 is 15.0 Å². The highest BCUT2D eigenvalue weighted by Gasteiger charge is 2.26. The highest BCUT2D eigenvalue weighted by atomic mass is 16.7. The van der Waals surface area contributed by atoms with Crippen LogP contribution in [0.1, 0.15) is 18.6 Å². The molecule has 0 bridgehead atoms. The summed E-state index contributed by atoms with van der Waals surface area (Å²) in [6, 6.07) is 21.2. The number of benzene rings is 2. The van der Waals surface area contributed by atoms with E-state index in [0.717, 1.165) is 22.6 Å². The number of nitrogens with zero attached hydrogens (tertiary/aromatic N) is 1. The molecule has 1 aromatic heterocycles. The number of hydrogen-bond acceptors (Lipinski definition) is 5. The Labute approximate surface area is 151 Å². The maximum Gasteiger partial charge on any atom is 0.219 e. The van der Waals surface area contributed by atoms with E-state index in [1.807, 2.05) is 73.7 Å². The first-order valence-corrected chi connectivity index (χ1v) is 8.33. The summed E-state index contributed by atoms with van der Waals surface area (Å²) in [5, 5.41) is 0. The Bertz CT molecular complexity index is 894. The first-order valence-electron chi connectivity index (χ1n) is 8.33. The fourth-order valence-corrected chi connectivity index (χ4v) is 2.68. The molecule has 0 saturated heterocycles. The van der Waals surface area contributed by atoms with E-state index in [4.69, 9.17) is 14.3 Å². The summed E-state index contributed by atoms with van der Waals surface area (Å²) in [6.07, 6.45) is 3.15. The number of ether oxygens (including phenoxy) is 2. The summed E-state index contributed by atoms with van der Waals surface area (Å²) in [5.74, 6) is 2.83. The van der Waals surface area contributed by atoms with Gasteiger partial charge < -0.3 is 9.47 Å². The average Bonchev–Trinajstić information content (AvgIpc) is 3.05. The summed E-state index contributed by atoms with van der Waals surface area (Å²) < 4.78 is 11.6. The molecule has 26 heavy (non-hydrogen) atoms.